The highest BCUT2D eigenvalue weighted by Crippen LogP contribution is 2.38. The van der Waals surface area contributed by atoms with Gasteiger partial charge >= 0.3 is 0 Å². The number of thioether (sulfide) groups is 1. The first kappa shape index (κ1) is 21.1. The fourth-order valence-electron chi connectivity index (χ4n) is 2.63. The predicted octanol–water partition coefficient (Wildman–Crippen LogP) is 6.38. The highest BCUT2D eigenvalue weighted by Gasteiger charge is 2.34. The summed E-state index contributed by atoms with van der Waals surface area (Å²) in [6.45, 7) is 2.42. The monoisotopic (exact) mass is 527 g/mol. The zero-order chi connectivity index (χ0) is 20.3. The second-order valence-electron chi connectivity index (χ2n) is 6.03. The van der Waals surface area contributed by atoms with Crippen molar-refractivity contribution in [2.75, 3.05) is 6.54 Å². The molecular weight excluding hydrogens is 513 g/mol. The fraction of sp³-hybridized carbons (Fsp3) is 0.200. The summed E-state index contributed by atoms with van der Waals surface area (Å²) in [5.74, 6) is -0.0716. The molecule has 8 heteroatoms. The quantitative estimate of drug-likeness (QED) is 0.408. The molecule has 28 heavy (non-hydrogen) atoms. The number of imide groups is 1. The largest absolute Gasteiger partial charge is 0.486 e. The molecule has 1 saturated heterocycles. The maximum Gasteiger partial charge on any atom is 0.293 e. The van der Waals surface area contributed by atoms with E-state index in [2.05, 4.69) is 31.9 Å². The SMILES string of the molecule is CCCN1C(=O)S/C(=C/c2cc(Br)c(OCc3ccccc3F)c(Br)c2)C1=O. The highest BCUT2D eigenvalue weighted by atomic mass is 79.9. The lowest BCUT2D eigenvalue weighted by atomic mass is 10.2. The average molecular weight is 529 g/mol. The summed E-state index contributed by atoms with van der Waals surface area (Å²) >= 11 is 7.85. The van der Waals surface area contributed by atoms with Crippen LogP contribution in [0.1, 0.15) is 24.5 Å². The Morgan fingerprint density at radius 3 is 2.50 bits per heavy atom. The van der Waals surface area contributed by atoms with E-state index in [-0.39, 0.29) is 23.6 Å². The molecule has 0 aliphatic carbocycles. The van der Waals surface area contributed by atoms with Gasteiger partial charge in [0.1, 0.15) is 18.2 Å². The van der Waals surface area contributed by atoms with E-state index >= 15 is 0 Å². The number of hydrogen-bond donors (Lipinski definition) is 0. The Balaban J connectivity index is 1.79. The van der Waals surface area contributed by atoms with Crippen molar-refractivity contribution in [2.45, 2.75) is 20.0 Å². The third kappa shape index (κ3) is 4.67. The van der Waals surface area contributed by atoms with E-state index in [9.17, 15) is 14.0 Å². The molecule has 0 radical (unpaired) electrons. The Morgan fingerprint density at radius 2 is 1.86 bits per heavy atom. The van der Waals surface area contributed by atoms with Crippen molar-refractivity contribution in [3.63, 3.8) is 0 Å². The molecule has 4 nitrogen and oxygen atoms in total. The van der Waals surface area contributed by atoms with Crippen molar-refractivity contribution in [1.82, 2.24) is 4.90 Å². The topological polar surface area (TPSA) is 46.6 Å². The first-order chi connectivity index (χ1) is 13.4. The minimum atomic E-state index is -0.325. The Hall–Kier alpha value is -1.64. The maximum atomic E-state index is 13.8. The second kappa shape index (κ2) is 9.24. The molecule has 0 spiro atoms. The van der Waals surface area contributed by atoms with E-state index in [1.54, 1.807) is 36.4 Å². The van der Waals surface area contributed by atoms with E-state index in [1.165, 1.54) is 11.0 Å². The van der Waals surface area contributed by atoms with Crippen LogP contribution in [0, 0.1) is 5.82 Å². The highest BCUT2D eigenvalue weighted by molar-refractivity contribution is 9.11. The first-order valence-corrected chi connectivity index (χ1v) is 10.9. The number of nitrogens with zero attached hydrogens (tertiary/aromatic N) is 1. The molecule has 2 aromatic rings. The van der Waals surface area contributed by atoms with Gasteiger partial charge in [-0.1, -0.05) is 25.1 Å². The van der Waals surface area contributed by atoms with Gasteiger partial charge in [0, 0.05) is 12.1 Å². The molecule has 0 unspecified atom stereocenters. The standard InChI is InChI=1S/C20H16Br2FNO3S/c1-2-7-24-19(25)17(28-20(24)26)10-12-8-14(21)18(15(22)9-12)27-11-13-5-3-4-6-16(13)23/h3-6,8-10H,2,7,11H2,1H3/b17-10+. The number of benzene rings is 2. The van der Waals surface area contributed by atoms with Crippen LogP contribution in [0.2, 0.25) is 0 Å². The molecule has 2 amide bonds. The number of rotatable bonds is 6. The van der Waals surface area contributed by atoms with E-state index < -0.39 is 0 Å². The zero-order valence-electron chi connectivity index (χ0n) is 14.9. The normalized spacial score (nSPS) is 15.6. The lowest BCUT2D eigenvalue weighted by Crippen LogP contribution is -2.28. The Morgan fingerprint density at radius 1 is 1.18 bits per heavy atom. The molecule has 1 heterocycles. The third-order valence-electron chi connectivity index (χ3n) is 3.97. The van der Waals surface area contributed by atoms with Gasteiger partial charge in [-0.15, -0.1) is 0 Å². The van der Waals surface area contributed by atoms with Crippen LogP contribution in [0.4, 0.5) is 9.18 Å². The molecular formula is C20H16Br2FNO3S. The molecule has 1 aliphatic heterocycles. The minimum Gasteiger partial charge on any atom is -0.486 e. The molecule has 0 atom stereocenters. The lowest BCUT2D eigenvalue weighted by Gasteiger charge is -2.12. The molecule has 0 aromatic heterocycles. The summed E-state index contributed by atoms with van der Waals surface area (Å²) in [6.07, 6.45) is 2.40. The van der Waals surface area contributed by atoms with E-state index in [0.29, 0.717) is 31.7 Å². The number of halogens is 3. The van der Waals surface area contributed by atoms with Crippen molar-refractivity contribution in [3.05, 3.63) is 67.2 Å². The summed E-state index contributed by atoms with van der Waals surface area (Å²) in [5.41, 5.74) is 1.19. The number of hydrogen-bond acceptors (Lipinski definition) is 4. The molecule has 3 rings (SSSR count). The van der Waals surface area contributed by atoms with Gasteiger partial charge in [0.05, 0.1) is 13.9 Å². The van der Waals surface area contributed by atoms with E-state index in [1.807, 2.05) is 6.92 Å². The number of carbonyl (C=O) groups is 2. The number of amides is 2. The van der Waals surface area contributed by atoms with Crippen molar-refractivity contribution in [2.24, 2.45) is 0 Å². The van der Waals surface area contributed by atoms with Gasteiger partial charge in [-0.05, 0) is 79.9 Å². The van der Waals surface area contributed by atoms with Crippen LogP contribution in [-0.4, -0.2) is 22.6 Å². The van der Waals surface area contributed by atoms with Gasteiger partial charge in [0.2, 0.25) is 0 Å². The van der Waals surface area contributed by atoms with Crippen LogP contribution in [0.15, 0.2) is 50.2 Å². The maximum absolute atomic E-state index is 13.8. The smallest absolute Gasteiger partial charge is 0.293 e. The van der Waals surface area contributed by atoms with Gasteiger partial charge in [0.15, 0.2) is 0 Å². The van der Waals surface area contributed by atoms with Crippen LogP contribution in [0.3, 0.4) is 0 Å². The summed E-state index contributed by atoms with van der Waals surface area (Å²) in [4.78, 5) is 26.0. The van der Waals surface area contributed by atoms with E-state index in [4.69, 9.17) is 4.74 Å². The molecule has 0 bridgehead atoms. The van der Waals surface area contributed by atoms with Crippen LogP contribution in [-0.2, 0) is 11.4 Å². The van der Waals surface area contributed by atoms with Crippen LogP contribution < -0.4 is 4.74 Å². The third-order valence-corrected chi connectivity index (χ3v) is 6.05. The van der Waals surface area contributed by atoms with Crippen LogP contribution in [0.25, 0.3) is 6.08 Å². The first-order valence-electron chi connectivity index (χ1n) is 8.51. The molecule has 146 valence electrons. The van der Waals surface area contributed by atoms with Gasteiger partial charge in [-0.2, -0.15) is 0 Å². The Bertz CT molecular complexity index is 941. The van der Waals surface area contributed by atoms with Gasteiger partial charge < -0.3 is 4.74 Å². The average Bonchev–Trinajstić information content (AvgIpc) is 2.90. The van der Waals surface area contributed by atoms with Crippen molar-refractivity contribution < 1.29 is 18.7 Å². The van der Waals surface area contributed by atoms with Crippen molar-refractivity contribution in [1.29, 1.82) is 0 Å². The molecule has 0 N–H and O–H groups in total. The number of ether oxygens (including phenoxy) is 1. The molecule has 1 fully saturated rings. The molecule has 2 aromatic carbocycles. The summed E-state index contributed by atoms with van der Waals surface area (Å²) in [7, 11) is 0. The minimum absolute atomic E-state index is 0.0825. The fourth-order valence-corrected chi connectivity index (χ4v) is 4.95. The Labute approximate surface area is 183 Å². The summed E-state index contributed by atoms with van der Waals surface area (Å²) in [6, 6.07) is 10.0. The van der Waals surface area contributed by atoms with Crippen LogP contribution >= 0.6 is 43.6 Å². The zero-order valence-corrected chi connectivity index (χ0v) is 18.9. The van der Waals surface area contributed by atoms with Crippen LogP contribution in [0.5, 0.6) is 5.75 Å². The second-order valence-corrected chi connectivity index (χ2v) is 8.73. The predicted molar refractivity (Wildman–Crippen MR) is 116 cm³/mol. The summed E-state index contributed by atoms with van der Waals surface area (Å²) in [5, 5.41) is -0.249. The van der Waals surface area contributed by atoms with Gasteiger partial charge in [-0.25, -0.2) is 4.39 Å². The van der Waals surface area contributed by atoms with Gasteiger partial charge in [-0.3, -0.25) is 14.5 Å². The van der Waals surface area contributed by atoms with E-state index in [0.717, 1.165) is 23.7 Å². The lowest BCUT2D eigenvalue weighted by molar-refractivity contribution is -0.122. The van der Waals surface area contributed by atoms with Crippen molar-refractivity contribution >= 4 is 60.8 Å². The Kier molecular flexibility index (Phi) is 6.95. The van der Waals surface area contributed by atoms with Crippen molar-refractivity contribution in [3.8, 4) is 5.75 Å². The summed E-state index contributed by atoms with van der Waals surface area (Å²) < 4.78 is 20.8. The van der Waals surface area contributed by atoms with Gasteiger partial charge in [0.25, 0.3) is 11.1 Å². The number of carbonyl (C=O) groups excluding carboxylic acids is 2. The molecule has 1 aliphatic rings. The molecule has 0 saturated carbocycles.